The van der Waals surface area contributed by atoms with E-state index in [9.17, 15) is 4.39 Å². The van der Waals surface area contributed by atoms with E-state index in [2.05, 4.69) is 5.32 Å². The van der Waals surface area contributed by atoms with Gasteiger partial charge >= 0.3 is 0 Å². The van der Waals surface area contributed by atoms with E-state index in [1.165, 1.54) is 23.5 Å². The van der Waals surface area contributed by atoms with Crippen LogP contribution in [0.25, 0.3) is 0 Å². The van der Waals surface area contributed by atoms with E-state index in [-0.39, 0.29) is 11.9 Å². The van der Waals surface area contributed by atoms with Crippen molar-refractivity contribution in [3.05, 3.63) is 55.9 Å². The Kier molecular flexibility index (Phi) is 4.62. The fraction of sp³-hybridized carbons (Fsp3) is 0.231. The maximum absolute atomic E-state index is 13.3. The van der Waals surface area contributed by atoms with E-state index >= 15 is 0 Å². The quantitative estimate of drug-likeness (QED) is 0.847. The molecule has 1 aromatic heterocycles. The van der Waals surface area contributed by atoms with Crippen molar-refractivity contribution in [3.63, 3.8) is 0 Å². The summed E-state index contributed by atoms with van der Waals surface area (Å²) in [6, 6.07) is 8.19. The number of hydrogen-bond donors (Lipinski definition) is 1. The van der Waals surface area contributed by atoms with Crippen LogP contribution in [0.3, 0.4) is 0 Å². The van der Waals surface area contributed by atoms with Crippen LogP contribution >= 0.6 is 34.5 Å². The first-order chi connectivity index (χ1) is 8.61. The van der Waals surface area contributed by atoms with Gasteiger partial charge in [0, 0.05) is 5.56 Å². The first-order valence-electron chi connectivity index (χ1n) is 5.55. The molecule has 0 bridgehead atoms. The first kappa shape index (κ1) is 13.8. The molecule has 0 saturated heterocycles. The van der Waals surface area contributed by atoms with Crippen molar-refractivity contribution in [1.29, 1.82) is 0 Å². The lowest BCUT2D eigenvalue weighted by molar-refractivity contribution is 0.604. The summed E-state index contributed by atoms with van der Waals surface area (Å²) in [5, 5.41) is 3.29. The van der Waals surface area contributed by atoms with Gasteiger partial charge in [-0.15, -0.1) is 11.3 Å². The Morgan fingerprint density at radius 1 is 1.33 bits per heavy atom. The summed E-state index contributed by atoms with van der Waals surface area (Å²) < 4.78 is 14.6. The highest BCUT2D eigenvalue weighted by Crippen LogP contribution is 2.37. The Labute approximate surface area is 120 Å². The zero-order valence-corrected chi connectivity index (χ0v) is 12.0. The predicted octanol–water partition coefficient (Wildman–Crippen LogP) is 4.89. The number of hydrogen-bond acceptors (Lipinski definition) is 2. The van der Waals surface area contributed by atoms with Crippen LogP contribution in [0.15, 0.2) is 30.3 Å². The zero-order valence-electron chi connectivity index (χ0n) is 9.71. The van der Waals surface area contributed by atoms with Crippen molar-refractivity contribution >= 4 is 34.5 Å². The molecule has 1 unspecified atom stereocenters. The van der Waals surface area contributed by atoms with Crippen LogP contribution in [0.1, 0.15) is 24.1 Å². The third-order valence-corrected chi connectivity index (χ3v) is 4.10. The number of nitrogens with one attached hydrogen (secondary N) is 1. The Morgan fingerprint density at radius 2 is 2.11 bits per heavy atom. The minimum absolute atomic E-state index is 0.137. The van der Waals surface area contributed by atoms with Gasteiger partial charge in [0.25, 0.3) is 0 Å². The number of rotatable bonds is 4. The summed E-state index contributed by atoms with van der Waals surface area (Å²) in [7, 11) is 0. The molecule has 0 aliphatic rings. The van der Waals surface area contributed by atoms with E-state index < -0.39 is 0 Å². The van der Waals surface area contributed by atoms with Crippen LogP contribution in [-0.4, -0.2) is 6.54 Å². The SMILES string of the molecule is CCNC(c1cccc(F)c1)c1cc(Cl)sc1Cl. The molecule has 96 valence electrons. The third-order valence-electron chi connectivity index (χ3n) is 2.58. The summed E-state index contributed by atoms with van der Waals surface area (Å²) in [4.78, 5) is 0. The monoisotopic (exact) mass is 303 g/mol. The second kappa shape index (κ2) is 6.02. The van der Waals surface area contributed by atoms with Crippen molar-refractivity contribution in [2.45, 2.75) is 13.0 Å². The summed E-state index contributed by atoms with van der Waals surface area (Å²) >= 11 is 13.4. The molecule has 5 heteroatoms. The van der Waals surface area contributed by atoms with Gasteiger partial charge in [0.2, 0.25) is 0 Å². The summed E-state index contributed by atoms with van der Waals surface area (Å²) in [5.41, 5.74) is 1.73. The molecule has 0 spiro atoms. The van der Waals surface area contributed by atoms with Crippen LogP contribution in [0, 0.1) is 5.82 Å². The Balaban J connectivity index is 2.42. The fourth-order valence-corrected chi connectivity index (χ4v) is 3.38. The zero-order chi connectivity index (χ0) is 13.1. The van der Waals surface area contributed by atoms with Gasteiger partial charge in [0.05, 0.1) is 14.7 Å². The molecule has 0 aliphatic heterocycles. The first-order valence-corrected chi connectivity index (χ1v) is 7.12. The van der Waals surface area contributed by atoms with Gasteiger partial charge in [0.15, 0.2) is 0 Å². The lowest BCUT2D eigenvalue weighted by Gasteiger charge is -2.18. The lowest BCUT2D eigenvalue weighted by Crippen LogP contribution is -2.21. The summed E-state index contributed by atoms with van der Waals surface area (Å²) in [5.74, 6) is -0.257. The smallest absolute Gasteiger partial charge is 0.123 e. The molecule has 0 radical (unpaired) electrons. The molecule has 2 rings (SSSR count). The standard InChI is InChI=1S/C13H12Cl2FNS/c1-2-17-12(8-4-3-5-9(16)6-8)10-7-11(14)18-13(10)15/h3-7,12,17H,2H2,1H3. The minimum atomic E-state index is -0.257. The van der Waals surface area contributed by atoms with Gasteiger partial charge in [-0.25, -0.2) is 4.39 Å². The number of halogens is 3. The van der Waals surface area contributed by atoms with E-state index in [4.69, 9.17) is 23.2 Å². The maximum Gasteiger partial charge on any atom is 0.123 e. The van der Waals surface area contributed by atoms with Gasteiger partial charge in [-0.2, -0.15) is 0 Å². The molecule has 1 nitrogen and oxygen atoms in total. The van der Waals surface area contributed by atoms with Gasteiger partial charge in [-0.05, 0) is 30.3 Å². The largest absolute Gasteiger partial charge is 0.306 e. The van der Waals surface area contributed by atoms with Crippen LogP contribution in [0.4, 0.5) is 4.39 Å². The molecular formula is C13H12Cl2FNS. The Bertz CT molecular complexity index is 542. The average molecular weight is 304 g/mol. The molecule has 0 aliphatic carbocycles. The normalized spacial score (nSPS) is 12.7. The molecule has 1 aromatic carbocycles. The van der Waals surface area contributed by atoms with Crippen molar-refractivity contribution < 1.29 is 4.39 Å². The predicted molar refractivity (Wildman–Crippen MR) is 76.3 cm³/mol. The van der Waals surface area contributed by atoms with Crippen molar-refractivity contribution in [1.82, 2.24) is 5.32 Å². The van der Waals surface area contributed by atoms with E-state index in [1.54, 1.807) is 6.07 Å². The fourth-order valence-electron chi connectivity index (χ4n) is 1.85. The highest BCUT2D eigenvalue weighted by molar-refractivity contribution is 7.20. The molecule has 1 atom stereocenters. The van der Waals surface area contributed by atoms with Crippen LogP contribution < -0.4 is 5.32 Å². The summed E-state index contributed by atoms with van der Waals surface area (Å²) in [6.07, 6.45) is 0. The molecule has 0 fully saturated rings. The van der Waals surface area contributed by atoms with Crippen molar-refractivity contribution in [2.24, 2.45) is 0 Å². The van der Waals surface area contributed by atoms with E-state index in [0.717, 1.165) is 17.7 Å². The number of benzene rings is 1. The molecule has 18 heavy (non-hydrogen) atoms. The van der Waals surface area contributed by atoms with Crippen LogP contribution in [0.2, 0.25) is 8.67 Å². The van der Waals surface area contributed by atoms with Crippen molar-refractivity contribution in [3.8, 4) is 0 Å². The minimum Gasteiger partial charge on any atom is -0.306 e. The van der Waals surface area contributed by atoms with Gasteiger partial charge in [-0.1, -0.05) is 42.3 Å². The second-order valence-corrected chi connectivity index (χ2v) is 6.11. The van der Waals surface area contributed by atoms with Gasteiger partial charge < -0.3 is 5.32 Å². The number of thiophene rings is 1. The molecule has 0 amide bonds. The Hall–Kier alpha value is -0.610. The van der Waals surface area contributed by atoms with Gasteiger partial charge in [-0.3, -0.25) is 0 Å². The van der Waals surface area contributed by atoms with Crippen LogP contribution in [-0.2, 0) is 0 Å². The van der Waals surface area contributed by atoms with Crippen LogP contribution in [0.5, 0.6) is 0 Å². The summed E-state index contributed by atoms with van der Waals surface area (Å²) in [6.45, 7) is 2.75. The van der Waals surface area contributed by atoms with Crippen molar-refractivity contribution in [2.75, 3.05) is 6.54 Å². The average Bonchev–Trinajstić information content (AvgIpc) is 2.65. The lowest BCUT2D eigenvalue weighted by atomic mass is 10.0. The molecule has 0 saturated carbocycles. The maximum atomic E-state index is 13.3. The van der Waals surface area contributed by atoms with Gasteiger partial charge in [0.1, 0.15) is 5.82 Å². The van der Waals surface area contributed by atoms with E-state index in [0.29, 0.717) is 8.67 Å². The molecular weight excluding hydrogens is 292 g/mol. The van der Waals surface area contributed by atoms with E-state index in [1.807, 2.05) is 19.1 Å². The Morgan fingerprint density at radius 3 is 2.67 bits per heavy atom. The molecule has 2 aromatic rings. The molecule has 1 heterocycles. The highest BCUT2D eigenvalue weighted by Gasteiger charge is 2.19. The second-order valence-electron chi connectivity index (χ2n) is 3.83. The topological polar surface area (TPSA) is 12.0 Å². The third kappa shape index (κ3) is 3.04. The molecule has 1 N–H and O–H groups in total. The highest BCUT2D eigenvalue weighted by atomic mass is 35.5.